The molecule has 1 N–H and O–H groups in total. The highest BCUT2D eigenvalue weighted by molar-refractivity contribution is 5.73. The second-order valence-corrected chi connectivity index (χ2v) is 3.86. The van der Waals surface area contributed by atoms with Gasteiger partial charge in [0.15, 0.2) is 0 Å². The Bertz CT molecular complexity index is 396. The number of halogens is 3. The van der Waals surface area contributed by atoms with E-state index in [9.17, 15) is 18.0 Å². The SMILES string of the molecule is CN(CCOc1ccccc1)C(=O)NCC(F)(F)F. The number of alkyl halides is 3. The minimum absolute atomic E-state index is 0.193. The van der Waals surface area contributed by atoms with Crippen molar-refractivity contribution >= 4 is 6.03 Å². The van der Waals surface area contributed by atoms with Gasteiger partial charge in [-0.2, -0.15) is 13.2 Å². The van der Waals surface area contributed by atoms with E-state index in [-0.39, 0.29) is 13.2 Å². The Morgan fingerprint density at radius 1 is 1.32 bits per heavy atom. The van der Waals surface area contributed by atoms with Gasteiger partial charge < -0.3 is 15.0 Å². The predicted molar refractivity (Wildman–Crippen MR) is 64.0 cm³/mol. The zero-order valence-corrected chi connectivity index (χ0v) is 10.4. The highest BCUT2D eigenvalue weighted by Crippen LogP contribution is 2.12. The van der Waals surface area contributed by atoms with E-state index in [2.05, 4.69) is 0 Å². The summed E-state index contributed by atoms with van der Waals surface area (Å²) in [5, 5.41) is 1.78. The Kier molecular flexibility index (Phi) is 5.47. The van der Waals surface area contributed by atoms with Crippen molar-refractivity contribution in [3.63, 3.8) is 0 Å². The van der Waals surface area contributed by atoms with Gasteiger partial charge >= 0.3 is 12.2 Å². The van der Waals surface area contributed by atoms with Gasteiger partial charge in [-0.1, -0.05) is 18.2 Å². The molecule has 0 aliphatic rings. The van der Waals surface area contributed by atoms with Gasteiger partial charge in [0.2, 0.25) is 0 Å². The molecule has 0 radical (unpaired) electrons. The molecule has 1 aromatic rings. The molecule has 0 spiro atoms. The maximum Gasteiger partial charge on any atom is 0.405 e. The van der Waals surface area contributed by atoms with Crippen LogP contribution in [-0.2, 0) is 0 Å². The Hall–Kier alpha value is -1.92. The van der Waals surface area contributed by atoms with Gasteiger partial charge in [-0.25, -0.2) is 4.79 Å². The van der Waals surface area contributed by atoms with Crippen molar-refractivity contribution in [1.82, 2.24) is 10.2 Å². The van der Waals surface area contributed by atoms with Gasteiger partial charge in [-0.05, 0) is 12.1 Å². The van der Waals surface area contributed by atoms with Crippen molar-refractivity contribution in [2.75, 3.05) is 26.7 Å². The van der Waals surface area contributed by atoms with E-state index < -0.39 is 18.8 Å². The number of hydrogen-bond donors (Lipinski definition) is 1. The van der Waals surface area contributed by atoms with Crippen LogP contribution in [0.2, 0.25) is 0 Å². The zero-order valence-electron chi connectivity index (χ0n) is 10.4. The molecule has 0 aliphatic carbocycles. The molecule has 0 fully saturated rings. The van der Waals surface area contributed by atoms with Crippen molar-refractivity contribution in [3.8, 4) is 5.75 Å². The molecule has 4 nitrogen and oxygen atoms in total. The summed E-state index contributed by atoms with van der Waals surface area (Å²) in [6.07, 6.45) is -4.41. The van der Waals surface area contributed by atoms with Crippen LogP contribution in [0.25, 0.3) is 0 Å². The number of nitrogens with one attached hydrogen (secondary N) is 1. The molecule has 0 aromatic heterocycles. The molecule has 106 valence electrons. The van der Waals surface area contributed by atoms with Crippen LogP contribution in [0.15, 0.2) is 30.3 Å². The summed E-state index contributed by atoms with van der Waals surface area (Å²) >= 11 is 0. The standard InChI is InChI=1S/C12H15F3N2O2/c1-17(11(18)16-9-12(13,14)15)7-8-19-10-5-3-2-4-6-10/h2-6H,7-9H2,1H3,(H,16,18). The number of nitrogens with zero attached hydrogens (tertiary/aromatic N) is 1. The smallest absolute Gasteiger partial charge is 0.405 e. The van der Waals surface area contributed by atoms with E-state index in [1.807, 2.05) is 6.07 Å². The van der Waals surface area contributed by atoms with E-state index in [4.69, 9.17) is 4.74 Å². The van der Waals surface area contributed by atoms with Crippen molar-refractivity contribution in [2.45, 2.75) is 6.18 Å². The van der Waals surface area contributed by atoms with E-state index >= 15 is 0 Å². The molecule has 0 saturated carbocycles. The maximum atomic E-state index is 11.9. The molecule has 0 heterocycles. The third-order valence-corrected chi connectivity index (χ3v) is 2.23. The lowest BCUT2D eigenvalue weighted by Gasteiger charge is -2.18. The number of rotatable bonds is 5. The van der Waals surface area contributed by atoms with Gasteiger partial charge in [0.05, 0.1) is 6.54 Å². The molecule has 0 aliphatic heterocycles. The number of amides is 2. The Labute approximate surface area is 109 Å². The normalized spacial score (nSPS) is 10.9. The Balaban J connectivity index is 2.23. The number of carbonyl (C=O) groups excluding carboxylic acids is 1. The van der Waals surface area contributed by atoms with Crippen LogP contribution in [0, 0.1) is 0 Å². The topological polar surface area (TPSA) is 41.6 Å². The van der Waals surface area contributed by atoms with E-state index in [1.54, 1.807) is 29.6 Å². The molecule has 0 saturated heterocycles. The van der Waals surface area contributed by atoms with Crippen molar-refractivity contribution in [1.29, 1.82) is 0 Å². The summed E-state index contributed by atoms with van der Waals surface area (Å²) in [4.78, 5) is 12.4. The first-order chi connectivity index (χ1) is 8.88. The van der Waals surface area contributed by atoms with Gasteiger partial charge in [-0.15, -0.1) is 0 Å². The summed E-state index contributed by atoms with van der Waals surface area (Å²) in [5.74, 6) is 0.645. The molecule has 0 atom stereocenters. The summed E-state index contributed by atoms with van der Waals surface area (Å²) in [5.41, 5.74) is 0. The fraction of sp³-hybridized carbons (Fsp3) is 0.417. The largest absolute Gasteiger partial charge is 0.492 e. The quantitative estimate of drug-likeness (QED) is 0.896. The number of carbonyl (C=O) groups is 1. The van der Waals surface area contributed by atoms with Gasteiger partial charge in [0.25, 0.3) is 0 Å². The minimum Gasteiger partial charge on any atom is -0.492 e. The van der Waals surface area contributed by atoms with E-state index in [0.29, 0.717) is 5.75 Å². The summed E-state index contributed by atoms with van der Waals surface area (Å²) in [7, 11) is 1.40. The maximum absolute atomic E-state index is 11.9. The lowest BCUT2D eigenvalue weighted by Crippen LogP contribution is -2.43. The molecular formula is C12H15F3N2O2. The zero-order chi connectivity index (χ0) is 14.3. The van der Waals surface area contributed by atoms with Crippen molar-refractivity contribution < 1.29 is 22.7 Å². The predicted octanol–water partition coefficient (Wildman–Crippen LogP) is 2.27. The Morgan fingerprint density at radius 3 is 2.53 bits per heavy atom. The second kappa shape index (κ2) is 6.86. The average Bonchev–Trinajstić information content (AvgIpc) is 2.36. The number of benzene rings is 1. The third-order valence-electron chi connectivity index (χ3n) is 2.23. The van der Waals surface area contributed by atoms with Crippen LogP contribution in [-0.4, -0.2) is 43.9 Å². The Morgan fingerprint density at radius 2 is 1.95 bits per heavy atom. The summed E-state index contributed by atoms with van der Waals surface area (Å²) in [6.45, 7) is -0.936. The van der Waals surface area contributed by atoms with Crippen LogP contribution < -0.4 is 10.1 Å². The first-order valence-corrected chi connectivity index (χ1v) is 5.62. The minimum atomic E-state index is -4.41. The molecule has 7 heteroatoms. The fourth-order valence-electron chi connectivity index (χ4n) is 1.23. The molecule has 0 unspecified atom stereocenters. The average molecular weight is 276 g/mol. The van der Waals surface area contributed by atoms with Crippen LogP contribution in [0.4, 0.5) is 18.0 Å². The molecule has 1 aromatic carbocycles. The third kappa shape index (κ3) is 6.54. The molecule has 0 bridgehead atoms. The first-order valence-electron chi connectivity index (χ1n) is 5.62. The first kappa shape index (κ1) is 15.1. The number of ether oxygens (including phenoxy) is 1. The van der Waals surface area contributed by atoms with Gasteiger partial charge in [0.1, 0.15) is 18.9 Å². The highest BCUT2D eigenvalue weighted by Gasteiger charge is 2.28. The second-order valence-electron chi connectivity index (χ2n) is 3.86. The van der Waals surface area contributed by atoms with Gasteiger partial charge in [0, 0.05) is 7.05 Å². The summed E-state index contributed by atoms with van der Waals surface area (Å²) in [6, 6.07) is 8.16. The lowest BCUT2D eigenvalue weighted by molar-refractivity contribution is -0.123. The van der Waals surface area contributed by atoms with Crippen LogP contribution in [0.1, 0.15) is 0 Å². The number of likely N-dealkylation sites (N-methyl/N-ethyl adjacent to an activating group) is 1. The van der Waals surface area contributed by atoms with E-state index in [1.165, 1.54) is 7.05 Å². The van der Waals surface area contributed by atoms with Crippen LogP contribution >= 0.6 is 0 Å². The van der Waals surface area contributed by atoms with E-state index in [0.717, 1.165) is 4.90 Å². The van der Waals surface area contributed by atoms with Crippen molar-refractivity contribution in [2.24, 2.45) is 0 Å². The fourth-order valence-corrected chi connectivity index (χ4v) is 1.23. The van der Waals surface area contributed by atoms with Crippen LogP contribution in [0.5, 0.6) is 5.75 Å². The van der Waals surface area contributed by atoms with Crippen molar-refractivity contribution in [3.05, 3.63) is 30.3 Å². The van der Waals surface area contributed by atoms with Crippen LogP contribution in [0.3, 0.4) is 0 Å². The summed E-state index contributed by atoms with van der Waals surface area (Å²) < 4.78 is 41.0. The number of hydrogen-bond acceptors (Lipinski definition) is 2. The molecule has 19 heavy (non-hydrogen) atoms. The highest BCUT2D eigenvalue weighted by atomic mass is 19.4. The number of para-hydroxylation sites is 1. The lowest BCUT2D eigenvalue weighted by atomic mass is 10.3. The van der Waals surface area contributed by atoms with Gasteiger partial charge in [-0.3, -0.25) is 0 Å². The molecule has 1 rings (SSSR count). The number of urea groups is 1. The molecular weight excluding hydrogens is 261 g/mol. The monoisotopic (exact) mass is 276 g/mol. The molecule has 2 amide bonds.